The molecular weight excluding hydrogens is 372 g/mol. The van der Waals surface area contributed by atoms with E-state index in [1.54, 1.807) is 12.4 Å². The molecule has 1 N–H and O–H groups in total. The molecule has 2 aromatic carbocycles. The van der Waals surface area contributed by atoms with Crippen LogP contribution >= 0.6 is 0 Å². The molecule has 2 atom stereocenters. The molecule has 2 heterocycles. The summed E-state index contributed by atoms with van der Waals surface area (Å²) in [6, 6.07) is 18.5. The lowest BCUT2D eigenvalue weighted by Gasteiger charge is -2.41. The molecule has 0 spiro atoms. The van der Waals surface area contributed by atoms with Gasteiger partial charge in [-0.2, -0.15) is 0 Å². The van der Waals surface area contributed by atoms with Gasteiger partial charge in [0.25, 0.3) is 0 Å². The van der Waals surface area contributed by atoms with Crippen molar-refractivity contribution < 1.29 is 4.79 Å². The topological polar surface area (TPSA) is 48.5 Å². The summed E-state index contributed by atoms with van der Waals surface area (Å²) in [6.45, 7) is 3.66. The number of benzene rings is 2. The molecule has 3 aromatic rings. The van der Waals surface area contributed by atoms with Crippen LogP contribution in [0.25, 0.3) is 10.8 Å². The zero-order valence-electron chi connectivity index (χ0n) is 17.8. The number of aromatic nitrogens is 1. The highest BCUT2D eigenvalue weighted by molar-refractivity contribution is 5.86. The van der Waals surface area contributed by atoms with Crippen LogP contribution in [0.15, 0.2) is 67.0 Å². The number of fused-ring (bicyclic) bond motifs is 1. The maximum absolute atomic E-state index is 13.5. The molecule has 0 bridgehead atoms. The monoisotopic (exact) mass is 402 g/mol. The van der Waals surface area contributed by atoms with Gasteiger partial charge in [0.15, 0.2) is 0 Å². The molecule has 1 aromatic heterocycles. The average Bonchev–Trinajstić information content (AvgIpc) is 2.78. The third kappa shape index (κ3) is 4.46. The van der Waals surface area contributed by atoms with E-state index in [4.69, 9.17) is 0 Å². The number of pyridine rings is 1. The van der Waals surface area contributed by atoms with Crippen LogP contribution in [-0.2, 0) is 6.54 Å². The largest absolute Gasteiger partial charge is 0.331 e. The summed E-state index contributed by atoms with van der Waals surface area (Å²) in [5, 5.41) is 5.65. The SMILES string of the molecule is CC(NC(=O)N(Cc1ccncc1)C1CCCCN1C)c1cccc2ccccc12. The summed E-state index contributed by atoms with van der Waals surface area (Å²) < 4.78 is 0. The van der Waals surface area contributed by atoms with Gasteiger partial charge in [-0.3, -0.25) is 9.88 Å². The van der Waals surface area contributed by atoms with Crippen molar-refractivity contribution in [3.05, 3.63) is 78.1 Å². The van der Waals surface area contributed by atoms with Crippen LogP contribution in [0.3, 0.4) is 0 Å². The van der Waals surface area contributed by atoms with Crippen molar-refractivity contribution in [1.29, 1.82) is 0 Å². The highest BCUT2D eigenvalue weighted by Gasteiger charge is 2.30. The summed E-state index contributed by atoms with van der Waals surface area (Å²) >= 11 is 0. The van der Waals surface area contributed by atoms with Crippen molar-refractivity contribution in [2.75, 3.05) is 13.6 Å². The Bertz CT molecular complexity index is 985. The molecule has 4 rings (SSSR count). The standard InChI is InChI=1S/C25H30N4O/c1-19(22-11-7-9-21-8-3-4-10-23(21)22)27-25(30)29(18-20-13-15-26-16-14-20)24-12-5-6-17-28(24)2/h3-4,7-11,13-16,19,24H,5-6,12,17-18H2,1-2H3,(H,27,30). The summed E-state index contributed by atoms with van der Waals surface area (Å²) in [6.07, 6.45) is 7.01. The van der Waals surface area contributed by atoms with E-state index in [2.05, 4.69) is 59.5 Å². The van der Waals surface area contributed by atoms with E-state index in [0.29, 0.717) is 6.54 Å². The molecule has 1 aliphatic heterocycles. The number of urea groups is 1. The zero-order chi connectivity index (χ0) is 20.9. The number of hydrogen-bond acceptors (Lipinski definition) is 3. The van der Waals surface area contributed by atoms with E-state index in [1.165, 1.54) is 17.2 Å². The first-order valence-corrected chi connectivity index (χ1v) is 10.8. The van der Waals surface area contributed by atoms with Gasteiger partial charge in [0.05, 0.1) is 12.2 Å². The minimum atomic E-state index is -0.0857. The number of piperidine rings is 1. The fourth-order valence-electron chi connectivity index (χ4n) is 4.42. The van der Waals surface area contributed by atoms with Crippen LogP contribution in [0.2, 0.25) is 0 Å². The highest BCUT2D eigenvalue weighted by atomic mass is 16.2. The van der Waals surface area contributed by atoms with Gasteiger partial charge >= 0.3 is 6.03 Å². The Morgan fingerprint density at radius 1 is 1.13 bits per heavy atom. The minimum absolute atomic E-state index is 0.0222. The Morgan fingerprint density at radius 2 is 1.90 bits per heavy atom. The molecule has 0 saturated carbocycles. The van der Waals surface area contributed by atoms with E-state index < -0.39 is 0 Å². The van der Waals surface area contributed by atoms with Crippen LogP contribution in [0.5, 0.6) is 0 Å². The van der Waals surface area contributed by atoms with Gasteiger partial charge < -0.3 is 10.2 Å². The van der Waals surface area contributed by atoms with Gasteiger partial charge in [-0.15, -0.1) is 0 Å². The molecule has 1 aliphatic rings. The number of likely N-dealkylation sites (tertiary alicyclic amines) is 1. The van der Waals surface area contributed by atoms with Gasteiger partial charge in [0, 0.05) is 18.9 Å². The Kier molecular flexibility index (Phi) is 6.29. The Labute approximate surface area is 178 Å². The second kappa shape index (κ2) is 9.26. The highest BCUT2D eigenvalue weighted by Crippen LogP contribution is 2.26. The van der Waals surface area contributed by atoms with Crippen molar-refractivity contribution >= 4 is 16.8 Å². The third-order valence-corrected chi connectivity index (χ3v) is 6.08. The van der Waals surface area contributed by atoms with Gasteiger partial charge in [0.1, 0.15) is 0 Å². The van der Waals surface area contributed by atoms with E-state index in [9.17, 15) is 4.79 Å². The lowest BCUT2D eigenvalue weighted by Crippen LogP contribution is -2.54. The molecule has 0 radical (unpaired) electrons. The second-order valence-electron chi connectivity index (χ2n) is 8.18. The lowest BCUT2D eigenvalue weighted by atomic mass is 10.00. The van der Waals surface area contributed by atoms with Gasteiger partial charge in [-0.1, -0.05) is 42.5 Å². The van der Waals surface area contributed by atoms with Crippen LogP contribution in [0.4, 0.5) is 4.79 Å². The molecule has 2 unspecified atom stereocenters. The summed E-state index contributed by atoms with van der Waals surface area (Å²) in [5.41, 5.74) is 2.24. The van der Waals surface area contributed by atoms with Crippen LogP contribution in [0, 0.1) is 0 Å². The Morgan fingerprint density at radius 3 is 2.70 bits per heavy atom. The van der Waals surface area contributed by atoms with Crippen molar-refractivity contribution in [3.8, 4) is 0 Å². The first-order chi connectivity index (χ1) is 14.6. The fraction of sp³-hybridized carbons (Fsp3) is 0.360. The van der Waals surface area contributed by atoms with Crippen molar-refractivity contribution in [2.24, 2.45) is 0 Å². The van der Waals surface area contributed by atoms with E-state index >= 15 is 0 Å². The van der Waals surface area contributed by atoms with E-state index in [1.807, 2.05) is 29.2 Å². The zero-order valence-corrected chi connectivity index (χ0v) is 17.8. The van der Waals surface area contributed by atoms with Crippen LogP contribution < -0.4 is 5.32 Å². The molecule has 156 valence electrons. The number of amides is 2. The first kappa shape index (κ1) is 20.4. The second-order valence-corrected chi connectivity index (χ2v) is 8.18. The third-order valence-electron chi connectivity index (χ3n) is 6.08. The molecule has 2 amide bonds. The van der Waals surface area contributed by atoms with Crippen LogP contribution in [-0.4, -0.2) is 40.6 Å². The smallest absolute Gasteiger partial charge is 0.319 e. The molecular formula is C25H30N4O. The Hall–Kier alpha value is -2.92. The molecule has 1 saturated heterocycles. The van der Waals surface area contributed by atoms with Crippen LogP contribution in [0.1, 0.15) is 43.4 Å². The van der Waals surface area contributed by atoms with Crippen molar-refractivity contribution in [2.45, 2.75) is 44.9 Å². The summed E-state index contributed by atoms with van der Waals surface area (Å²) in [5.74, 6) is 0. The number of nitrogens with zero attached hydrogens (tertiary/aromatic N) is 3. The number of hydrogen-bond donors (Lipinski definition) is 1. The molecule has 5 heteroatoms. The minimum Gasteiger partial charge on any atom is -0.331 e. The average molecular weight is 403 g/mol. The number of carbonyl (C=O) groups is 1. The van der Waals surface area contributed by atoms with Gasteiger partial charge in [-0.25, -0.2) is 4.79 Å². The molecule has 5 nitrogen and oxygen atoms in total. The number of rotatable bonds is 5. The van der Waals surface area contributed by atoms with Crippen molar-refractivity contribution in [3.63, 3.8) is 0 Å². The van der Waals surface area contributed by atoms with E-state index in [-0.39, 0.29) is 18.2 Å². The van der Waals surface area contributed by atoms with Gasteiger partial charge in [-0.05, 0) is 73.8 Å². The fourth-order valence-corrected chi connectivity index (χ4v) is 4.42. The number of carbonyl (C=O) groups excluding carboxylic acids is 1. The Balaban J connectivity index is 1.57. The summed E-state index contributed by atoms with van der Waals surface area (Å²) in [7, 11) is 2.12. The van der Waals surface area contributed by atoms with E-state index in [0.717, 1.165) is 30.5 Å². The predicted molar refractivity (Wildman–Crippen MR) is 121 cm³/mol. The number of nitrogens with one attached hydrogen (secondary N) is 1. The molecule has 0 aliphatic carbocycles. The van der Waals surface area contributed by atoms with Gasteiger partial charge in [0.2, 0.25) is 0 Å². The normalized spacial score (nSPS) is 18.1. The quantitative estimate of drug-likeness (QED) is 0.657. The molecule has 1 fully saturated rings. The predicted octanol–water partition coefficient (Wildman–Crippen LogP) is 4.95. The summed E-state index contributed by atoms with van der Waals surface area (Å²) in [4.78, 5) is 21.9. The lowest BCUT2D eigenvalue weighted by molar-refractivity contribution is 0.0498. The first-order valence-electron chi connectivity index (χ1n) is 10.8. The maximum Gasteiger partial charge on any atom is 0.319 e. The maximum atomic E-state index is 13.5. The molecule has 30 heavy (non-hydrogen) atoms. The van der Waals surface area contributed by atoms with Crippen molar-refractivity contribution in [1.82, 2.24) is 20.1 Å².